The van der Waals surface area contributed by atoms with Gasteiger partial charge < -0.3 is 19.9 Å². The highest BCUT2D eigenvalue weighted by Crippen LogP contribution is 2.36. The lowest BCUT2D eigenvalue weighted by Crippen LogP contribution is -2.19. The lowest BCUT2D eigenvalue weighted by molar-refractivity contribution is -0.115. The number of amidine groups is 1. The van der Waals surface area contributed by atoms with Gasteiger partial charge in [0.05, 0.1) is 19.1 Å². The number of amides is 1. The molecule has 0 radical (unpaired) electrons. The number of hydrogen-bond donors (Lipinski definition) is 2. The molecule has 1 saturated heterocycles. The van der Waals surface area contributed by atoms with Crippen molar-refractivity contribution in [3.05, 3.63) is 58.2 Å². The minimum atomic E-state index is -1.23. The number of aliphatic imine (C=N–C) groups is 1. The molecule has 0 spiro atoms. The average Bonchev–Trinajstić information content (AvgIpc) is 3.01. The van der Waals surface area contributed by atoms with Crippen molar-refractivity contribution in [2.24, 2.45) is 4.99 Å². The smallest absolute Gasteiger partial charge is 0.340 e. The minimum Gasteiger partial charge on any atom is -0.493 e. The second kappa shape index (κ2) is 8.13. The summed E-state index contributed by atoms with van der Waals surface area (Å²) in [5.74, 6) is -1.91. The van der Waals surface area contributed by atoms with Crippen LogP contribution in [0.15, 0.2) is 46.3 Å². The summed E-state index contributed by atoms with van der Waals surface area (Å²) in [7, 11) is 2.73. The quantitative estimate of drug-likeness (QED) is 0.744. The van der Waals surface area contributed by atoms with Gasteiger partial charge in [-0.25, -0.2) is 14.2 Å². The predicted molar refractivity (Wildman–Crippen MR) is 104 cm³/mol. The molecule has 1 fully saturated rings. The summed E-state index contributed by atoms with van der Waals surface area (Å²) in [5, 5.41) is 12.3. The molecule has 0 saturated carbocycles. The Morgan fingerprint density at radius 3 is 2.61 bits per heavy atom. The number of rotatable bonds is 5. The Balaban J connectivity index is 1.99. The van der Waals surface area contributed by atoms with Gasteiger partial charge in [0.15, 0.2) is 16.7 Å². The van der Waals surface area contributed by atoms with Crippen LogP contribution in [0.3, 0.4) is 0 Å². The van der Waals surface area contributed by atoms with Crippen molar-refractivity contribution in [2.45, 2.75) is 0 Å². The molecule has 7 nitrogen and oxygen atoms in total. The van der Waals surface area contributed by atoms with Crippen molar-refractivity contribution >= 4 is 40.6 Å². The number of carbonyl (C=O) groups excluding carboxylic acids is 1. The van der Waals surface area contributed by atoms with Gasteiger partial charge in [0.2, 0.25) is 0 Å². The van der Waals surface area contributed by atoms with E-state index in [0.29, 0.717) is 0 Å². The Bertz CT molecular complexity index is 1020. The van der Waals surface area contributed by atoms with Crippen LogP contribution in [0.2, 0.25) is 0 Å². The Hall–Kier alpha value is -3.33. The number of para-hydroxylation sites is 1. The summed E-state index contributed by atoms with van der Waals surface area (Å²) in [5.41, 5.74) is 0.209. The van der Waals surface area contributed by atoms with Gasteiger partial charge >= 0.3 is 5.97 Å². The monoisotopic (exact) mass is 402 g/mol. The number of halogens is 1. The summed E-state index contributed by atoms with van der Waals surface area (Å²) in [4.78, 5) is 28.3. The van der Waals surface area contributed by atoms with Gasteiger partial charge in [-0.2, -0.15) is 0 Å². The second-order valence-corrected chi connectivity index (χ2v) is 6.53. The lowest BCUT2D eigenvalue weighted by atomic mass is 10.0. The lowest BCUT2D eigenvalue weighted by Gasteiger charge is -2.12. The summed E-state index contributed by atoms with van der Waals surface area (Å²) in [6, 6.07) is 8.97. The average molecular weight is 402 g/mol. The minimum absolute atomic E-state index is 0.0491. The first-order valence-electron chi connectivity index (χ1n) is 7.97. The van der Waals surface area contributed by atoms with Crippen molar-refractivity contribution in [1.29, 1.82) is 0 Å². The standard InChI is InChI=1S/C19H15FN2O5S/c1-26-13-8-7-10(15(18(24)25)16(13)27-2)9-14-17(23)22-19(28-14)21-12-6-4-3-5-11(12)20/h3-9H,1-2H3,(H,24,25)(H,21,22,23)/b14-9+. The molecule has 0 aromatic heterocycles. The first kappa shape index (κ1) is 19.4. The van der Waals surface area contributed by atoms with E-state index in [9.17, 15) is 19.1 Å². The van der Waals surface area contributed by atoms with E-state index < -0.39 is 17.7 Å². The maximum Gasteiger partial charge on any atom is 0.340 e. The molecule has 3 rings (SSSR count). The van der Waals surface area contributed by atoms with Gasteiger partial charge in [0.25, 0.3) is 5.91 Å². The van der Waals surface area contributed by atoms with Gasteiger partial charge in [-0.3, -0.25) is 4.79 Å². The molecule has 1 amide bonds. The summed E-state index contributed by atoms with van der Waals surface area (Å²) < 4.78 is 24.0. The van der Waals surface area contributed by atoms with Crippen LogP contribution in [-0.4, -0.2) is 36.4 Å². The molecular formula is C19H15FN2O5S. The maximum absolute atomic E-state index is 13.7. The third kappa shape index (κ3) is 3.84. The molecule has 1 heterocycles. The molecule has 2 aromatic carbocycles. The molecule has 0 atom stereocenters. The number of nitrogens with zero attached hydrogens (tertiary/aromatic N) is 1. The number of carbonyl (C=O) groups is 2. The molecule has 2 aromatic rings. The van der Waals surface area contributed by atoms with E-state index in [-0.39, 0.29) is 38.4 Å². The number of thioether (sulfide) groups is 1. The third-order valence-electron chi connectivity index (χ3n) is 3.80. The van der Waals surface area contributed by atoms with Gasteiger partial charge in [-0.15, -0.1) is 0 Å². The van der Waals surface area contributed by atoms with Gasteiger partial charge in [-0.05, 0) is 41.6 Å². The second-order valence-electron chi connectivity index (χ2n) is 5.50. The molecule has 0 bridgehead atoms. The van der Waals surface area contributed by atoms with E-state index in [1.807, 2.05) is 0 Å². The van der Waals surface area contributed by atoms with Crippen molar-refractivity contribution in [3.63, 3.8) is 0 Å². The maximum atomic E-state index is 13.7. The Labute approximate surface area is 163 Å². The van der Waals surface area contributed by atoms with Crippen LogP contribution in [0.25, 0.3) is 6.08 Å². The van der Waals surface area contributed by atoms with E-state index in [1.165, 1.54) is 44.6 Å². The number of hydrogen-bond acceptors (Lipinski definition) is 6. The van der Waals surface area contributed by atoms with Crippen LogP contribution < -0.4 is 14.8 Å². The highest BCUT2D eigenvalue weighted by atomic mass is 32.2. The molecule has 1 aliphatic heterocycles. The van der Waals surface area contributed by atoms with Crippen molar-refractivity contribution < 1.29 is 28.6 Å². The number of methoxy groups -OCH3 is 2. The van der Waals surface area contributed by atoms with Crippen molar-refractivity contribution in [3.8, 4) is 11.5 Å². The fraction of sp³-hybridized carbons (Fsp3) is 0.105. The normalized spacial score (nSPS) is 16.3. The Kier molecular flexibility index (Phi) is 5.65. The highest BCUT2D eigenvalue weighted by Gasteiger charge is 2.26. The van der Waals surface area contributed by atoms with Crippen LogP contribution in [-0.2, 0) is 4.79 Å². The summed E-state index contributed by atoms with van der Waals surface area (Å²) in [6.07, 6.45) is 1.41. The zero-order valence-electron chi connectivity index (χ0n) is 14.9. The zero-order chi connectivity index (χ0) is 20.3. The first-order valence-corrected chi connectivity index (χ1v) is 8.78. The van der Waals surface area contributed by atoms with Crippen molar-refractivity contribution in [1.82, 2.24) is 5.32 Å². The number of carboxylic acids is 1. The van der Waals surface area contributed by atoms with Crippen LogP contribution in [0, 0.1) is 5.82 Å². The molecule has 2 N–H and O–H groups in total. The Morgan fingerprint density at radius 2 is 1.96 bits per heavy atom. The summed E-state index contributed by atoms with van der Waals surface area (Å²) in [6.45, 7) is 0. The van der Waals surface area contributed by atoms with Crippen molar-refractivity contribution in [2.75, 3.05) is 14.2 Å². The fourth-order valence-corrected chi connectivity index (χ4v) is 3.38. The summed E-state index contributed by atoms with van der Waals surface area (Å²) >= 11 is 0.980. The van der Waals surface area contributed by atoms with E-state index in [4.69, 9.17) is 9.47 Å². The third-order valence-corrected chi connectivity index (χ3v) is 4.71. The topological polar surface area (TPSA) is 97.2 Å². The molecule has 1 aliphatic rings. The highest BCUT2D eigenvalue weighted by molar-refractivity contribution is 8.18. The molecular weight excluding hydrogens is 387 g/mol. The number of benzene rings is 2. The number of ether oxygens (including phenoxy) is 2. The Morgan fingerprint density at radius 1 is 1.21 bits per heavy atom. The molecule has 0 aliphatic carbocycles. The van der Waals surface area contributed by atoms with Gasteiger partial charge in [0.1, 0.15) is 17.1 Å². The van der Waals surface area contributed by atoms with Crippen LogP contribution in [0.5, 0.6) is 11.5 Å². The predicted octanol–water partition coefficient (Wildman–Crippen LogP) is 3.43. The number of carboxylic acid groups (broad SMARTS) is 1. The van der Waals surface area contributed by atoms with Crippen LogP contribution >= 0.6 is 11.8 Å². The van der Waals surface area contributed by atoms with Gasteiger partial charge in [0, 0.05) is 0 Å². The van der Waals surface area contributed by atoms with Crippen LogP contribution in [0.4, 0.5) is 10.1 Å². The molecule has 0 unspecified atom stereocenters. The zero-order valence-corrected chi connectivity index (χ0v) is 15.7. The van der Waals surface area contributed by atoms with Crippen LogP contribution in [0.1, 0.15) is 15.9 Å². The van der Waals surface area contributed by atoms with E-state index in [0.717, 1.165) is 11.8 Å². The first-order chi connectivity index (χ1) is 13.4. The largest absolute Gasteiger partial charge is 0.493 e. The van der Waals surface area contributed by atoms with Gasteiger partial charge in [-0.1, -0.05) is 18.2 Å². The molecule has 28 heavy (non-hydrogen) atoms. The molecule has 144 valence electrons. The number of aromatic carboxylic acids is 1. The fourth-order valence-electron chi connectivity index (χ4n) is 2.56. The van der Waals surface area contributed by atoms with E-state index >= 15 is 0 Å². The number of nitrogens with one attached hydrogen (secondary N) is 1. The molecule has 9 heteroatoms. The van der Waals surface area contributed by atoms with E-state index in [1.54, 1.807) is 12.1 Å². The SMILES string of the molecule is COc1ccc(/C=C2/SC(=Nc3ccccc3F)NC2=O)c(C(=O)O)c1OC. The van der Waals surface area contributed by atoms with E-state index in [2.05, 4.69) is 10.3 Å².